The summed E-state index contributed by atoms with van der Waals surface area (Å²) >= 11 is 0. The van der Waals surface area contributed by atoms with Gasteiger partial charge in [0.15, 0.2) is 5.78 Å². The van der Waals surface area contributed by atoms with Crippen LogP contribution in [-0.2, 0) is 11.2 Å². The Hall–Kier alpha value is -3.34. The second-order valence-electron chi connectivity index (χ2n) is 9.65. The van der Waals surface area contributed by atoms with Crippen molar-refractivity contribution < 1.29 is 44.6 Å². The molecular formula is C27H24O9. The summed E-state index contributed by atoms with van der Waals surface area (Å²) in [5, 5.41) is 53.1. The highest BCUT2D eigenvalue weighted by molar-refractivity contribution is 6.34. The number of ketones is 2. The Labute approximate surface area is 205 Å². The third-order valence-corrected chi connectivity index (χ3v) is 7.49. The Morgan fingerprint density at radius 2 is 1.69 bits per heavy atom. The monoisotopic (exact) mass is 492 g/mol. The summed E-state index contributed by atoms with van der Waals surface area (Å²) in [6, 6.07) is 10.1. The number of aryl methyl sites for hydroxylation is 2. The van der Waals surface area contributed by atoms with Crippen molar-refractivity contribution in [2.45, 2.75) is 50.0 Å². The molecule has 0 saturated carbocycles. The van der Waals surface area contributed by atoms with E-state index in [0.29, 0.717) is 21.9 Å². The number of ether oxygens (including phenoxy) is 2. The number of aliphatic hydroxyl groups is 4. The van der Waals surface area contributed by atoms with Gasteiger partial charge in [0.05, 0.1) is 17.7 Å². The van der Waals surface area contributed by atoms with Gasteiger partial charge >= 0.3 is 0 Å². The first-order valence-corrected chi connectivity index (χ1v) is 11.7. The Morgan fingerprint density at radius 1 is 0.972 bits per heavy atom. The van der Waals surface area contributed by atoms with Crippen LogP contribution in [0.2, 0.25) is 0 Å². The molecule has 3 aromatic carbocycles. The molecule has 0 amide bonds. The molecule has 36 heavy (non-hydrogen) atoms. The lowest BCUT2D eigenvalue weighted by atomic mass is 9.77. The van der Waals surface area contributed by atoms with Crippen LogP contribution in [0.15, 0.2) is 36.4 Å². The Balaban J connectivity index is 1.62. The van der Waals surface area contributed by atoms with E-state index in [1.807, 2.05) is 6.07 Å². The molecule has 9 heteroatoms. The lowest BCUT2D eigenvalue weighted by Crippen LogP contribution is -2.68. The van der Waals surface area contributed by atoms with E-state index in [0.717, 1.165) is 0 Å². The number of phenols is 1. The summed E-state index contributed by atoms with van der Waals surface area (Å²) < 4.78 is 12.0. The van der Waals surface area contributed by atoms with Gasteiger partial charge in [0.2, 0.25) is 11.6 Å². The number of carbonyl (C=O) groups excluding carboxylic acids is 2. The van der Waals surface area contributed by atoms with Crippen LogP contribution in [0.25, 0.3) is 10.8 Å². The first-order valence-electron chi connectivity index (χ1n) is 11.7. The zero-order valence-corrected chi connectivity index (χ0v) is 19.3. The molecule has 2 aliphatic heterocycles. The molecule has 5 atom stereocenters. The molecule has 3 aliphatic rings. The molecule has 6 rings (SSSR count). The molecule has 1 saturated heterocycles. The number of aliphatic hydroxyl groups excluding tert-OH is 4. The molecule has 0 bridgehead atoms. The van der Waals surface area contributed by atoms with Gasteiger partial charge < -0.3 is 35.0 Å². The summed E-state index contributed by atoms with van der Waals surface area (Å²) in [7, 11) is 0. The minimum absolute atomic E-state index is 0.0123. The third kappa shape index (κ3) is 2.95. The fraction of sp³-hybridized carbons (Fsp3) is 0.333. The van der Waals surface area contributed by atoms with Crippen molar-refractivity contribution in [3.63, 3.8) is 0 Å². The first-order chi connectivity index (χ1) is 17.2. The second-order valence-corrected chi connectivity index (χ2v) is 9.65. The highest BCUT2D eigenvalue weighted by Gasteiger charge is 2.57. The van der Waals surface area contributed by atoms with Gasteiger partial charge in [-0.1, -0.05) is 24.3 Å². The van der Waals surface area contributed by atoms with E-state index in [9.17, 15) is 35.1 Å². The molecular weight excluding hydrogens is 468 g/mol. The minimum Gasteiger partial charge on any atom is -0.507 e. The van der Waals surface area contributed by atoms with Crippen LogP contribution in [0.3, 0.4) is 0 Å². The smallest absolute Gasteiger partial charge is 0.240 e. The lowest BCUT2D eigenvalue weighted by Gasteiger charge is -2.50. The van der Waals surface area contributed by atoms with Gasteiger partial charge in [0.1, 0.15) is 35.9 Å². The van der Waals surface area contributed by atoms with Gasteiger partial charge in [-0.25, -0.2) is 0 Å². The standard InChI is InChI=1S/C27H24O9/c1-11-8-15-18(16(29)9-11)23(32)20-19(21(15)30)13-5-3-2-4-12(13)14-6-7-27(36-25(14)20)26(34)24(33)22(31)17(10-28)35-27/h2-5,8-9,17,22,24,26,28-29,31,33-34H,6-7,10H2,1H3. The van der Waals surface area contributed by atoms with E-state index in [4.69, 9.17) is 9.47 Å². The largest absolute Gasteiger partial charge is 0.507 e. The SMILES string of the molecule is Cc1cc(O)c2c(c1)C(=O)c1c(c3c(c4ccccc14)CCC1(O3)OC(CO)C(O)C(O)C1O)C2=O. The van der Waals surface area contributed by atoms with Crippen molar-refractivity contribution >= 4 is 22.3 Å². The maximum Gasteiger partial charge on any atom is 0.240 e. The third-order valence-electron chi connectivity index (χ3n) is 7.49. The molecule has 0 radical (unpaired) electrons. The van der Waals surface area contributed by atoms with E-state index < -0.39 is 48.4 Å². The van der Waals surface area contributed by atoms with Gasteiger partial charge in [-0.3, -0.25) is 9.59 Å². The second kappa shape index (κ2) is 7.83. The number of hydrogen-bond donors (Lipinski definition) is 5. The first kappa shape index (κ1) is 23.1. The van der Waals surface area contributed by atoms with E-state index >= 15 is 0 Å². The Kier molecular flexibility index (Phi) is 5.02. The highest BCUT2D eigenvalue weighted by Crippen LogP contribution is 2.49. The average Bonchev–Trinajstić information content (AvgIpc) is 2.87. The molecule has 0 aromatic heterocycles. The highest BCUT2D eigenvalue weighted by atomic mass is 16.7. The molecule has 3 aromatic rings. The number of carbonyl (C=O) groups is 2. The number of aromatic hydroxyl groups is 1. The van der Waals surface area contributed by atoms with Crippen LogP contribution in [0.1, 0.15) is 49.4 Å². The number of phenolic OH excluding ortho intramolecular Hbond substituents is 1. The molecule has 2 heterocycles. The van der Waals surface area contributed by atoms with E-state index in [2.05, 4.69) is 0 Å². The maximum absolute atomic E-state index is 13.9. The van der Waals surface area contributed by atoms with Crippen LogP contribution in [0.4, 0.5) is 0 Å². The number of fused-ring (bicyclic) bond motifs is 7. The molecule has 5 unspecified atom stereocenters. The summed E-state index contributed by atoms with van der Waals surface area (Å²) in [6.45, 7) is 1.07. The summed E-state index contributed by atoms with van der Waals surface area (Å²) in [5.74, 6) is -3.25. The fourth-order valence-electron chi connectivity index (χ4n) is 5.77. The average molecular weight is 492 g/mol. The van der Waals surface area contributed by atoms with Crippen molar-refractivity contribution in [3.8, 4) is 11.5 Å². The summed E-state index contributed by atoms with van der Waals surface area (Å²) in [4.78, 5) is 27.6. The Morgan fingerprint density at radius 3 is 2.42 bits per heavy atom. The van der Waals surface area contributed by atoms with Crippen molar-refractivity contribution in [2.75, 3.05) is 6.61 Å². The van der Waals surface area contributed by atoms with Crippen molar-refractivity contribution in [2.24, 2.45) is 0 Å². The van der Waals surface area contributed by atoms with Crippen molar-refractivity contribution in [3.05, 3.63) is 69.8 Å². The molecule has 1 spiro atoms. The number of benzene rings is 3. The Bertz CT molecular complexity index is 1460. The summed E-state index contributed by atoms with van der Waals surface area (Å²) in [5.41, 5.74) is 1.25. The molecule has 5 N–H and O–H groups in total. The molecule has 1 fully saturated rings. The van der Waals surface area contributed by atoms with Crippen LogP contribution in [0, 0.1) is 6.92 Å². The molecule has 1 aliphatic carbocycles. The van der Waals surface area contributed by atoms with Gasteiger partial charge in [-0.15, -0.1) is 0 Å². The van der Waals surface area contributed by atoms with Gasteiger partial charge in [-0.05, 0) is 41.8 Å². The normalized spacial score (nSPS) is 29.0. The summed E-state index contributed by atoms with van der Waals surface area (Å²) in [6.07, 6.45) is -5.89. The van der Waals surface area contributed by atoms with E-state index in [1.54, 1.807) is 31.2 Å². The van der Waals surface area contributed by atoms with Crippen LogP contribution < -0.4 is 4.74 Å². The van der Waals surface area contributed by atoms with Gasteiger partial charge in [0.25, 0.3) is 0 Å². The maximum atomic E-state index is 13.9. The predicted molar refractivity (Wildman–Crippen MR) is 125 cm³/mol. The lowest BCUT2D eigenvalue weighted by molar-refractivity contribution is -0.342. The zero-order valence-electron chi connectivity index (χ0n) is 19.3. The van der Waals surface area contributed by atoms with E-state index in [1.165, 1.54) is 6.07 Å². The zero-order chi connectivity index (χ0) is 25.5. The van der Waals surface area contributed by atoms with Crippen LogP contribution in [-0.4, -0.2) is 73.9 Å². The molecule has 9 nitrogen and oxygen atoms in total. The predicted octanol–water partition coefficient (Wildman–Crippen LogP) is 1.12. The molecule has 186 valence electrons. The van der Waals surface area contributed by atoms with Gasteiger partial charge in [-0.2, -0.15) is 0 Å². The number of rotatable bonds is 1. The van der Waals surface area contributed by atoms with Gasteiger partial charge in [0, 0.05) is 23.1 Å². The van der Waals surface area contributed by atoms with Crippen LogP contribution >= 0.6 is 0 Å². The minimum atomic E-state index is -1.88. The van der Waals surface area contributed by atoms with Crippen molar-refractivity contribution in [1.82, 2.24) is 0 Å². The fourth-order valence-corrected chi connectivity index (χ4v) is 5.77. The van der Waals surface area contributed by atoms with Crippen molar-refractivity contribution in [1.29, 1.82) is 0 Å². The van der Waals surface area contributed by atoms with E-state index in [-0.39, 0.29) is 46.6 Å². The van der Waals surface area contributed by atoms with Crippen LogP contribution in [0.5, 0.6) is 11.5 Å². The number of hydrogen-bond acceptors (Lipinski definition) is 9. The quantitative estimate of drug-likeness (QED) is 0.263. The topological polar surface area (TPSA) is 154 Å².